The number of Topliss-reactive ketones (excluding diaryl/α,β-unsaturated/α-hetero) is 1. The second kappa shape index (κ2) is 38.3. The minimum Gasteiger partial charge on any atom is -0.492 e. The lowest BCUT2D eigenvalue weighted by atomic mass is 9.76. The van der Waals surface area contributed by atoms with E-state index in [1.54, 1.807) is 52.7 Å². The zero-order valence-corrected chi connectivity index (χ0v) is 64.2. The number of methoxy groups -OCH3 is 5. The summed E-state index contributed by atoms with van der Waals surface area (Å²) in [4.78, 5) is 74.9. The van der Waals surface area contributed by atoms with E-state index in [0.29, 0.717) is 41.5 Å². The maximum Gasteiger partial charge on any atom is 0.411 e. The molecule has 32 heteroatoms. The highest BCUT2D eigenvalue weighted by molar-refractivity contribution is 14.1. The highest BCUT2D eigenvalue weighted by Crippen LogP contribution is 2.49. The van der Waals surface area contributed by atoms with Gasteiger partial charge in [0.1, 0.15) is 36.6 Å². The quantitative estimate of drug-likeness (QED) is 0.0179. The van der Waals surface area contributed by atoms with Gasteiger partial charge in [-0.25, -0.2) is 4.79 Å². The minimum atomic E-state index is -1.89. The van der Waals surface area contributed by atoms with E-state index in [1.807, 2.05) is 50.3 Å². The number of nitrogens with one attached hydrogen (secondary N) is 3. The van der Waals surface area contributed by atoms with Crippen molar-refractivity contribution in [2.45, 2.75) is 240 Å². The van der Waals surface area contributed by atoms with Gasteiger partial charge in [0.2, 0.25) is 23.1 Å². The van der Waals surface area contributed by atoms with E-state index in [9.17, 15) is 54.6 Å². The predicted octanol–water partition coefficient (Wildman–Crippen LogP) is 5.22. The van der Waals surface area contributed by atoms with Crippen molar-refractivity contribution in [3.63, 3.8) is 0 Å². The van der Waals surface area contributed by atoms with E-state index in [2.05, 4.69) is 39.8 Å². The van der Waals surface area contributed by atoms with Gasteiger partial charge in [-0.2, -0.15) is 5.48 Å². The number of hydrogen-bond donors (Lipinski definition) is 9. The lowest BCUT2D eigenvalue weighted by Crippen LogP contribution is -2.65. The largest absolute Gasteiger partial charge is 0.492 e. The first-order valence-electron chi connectivity index (χ1n) is 33.4. The Bertz CT molecular complexity index is 3260. The number of allylic oxidation sites excluding steroid dienone is 3. The Morgan fingerprint density at radius 2 is 1.55 bits per heavy atom. The van der Waals surface area contributed by atoms with Gasteiger partial charge in [0.25, 0.3) is 0 Å². The van der Waals surface area contributed by atoms with Crippen LogP contribution in [0.5, 0.6) is 17.2 Å². The third-order valence-electron chi connectivity index (χ3n) is 18.2. The first-order valence-corrected chi connectivity index (χ1v) is 37.7. The number of ether oxygens (including phenoxy) is 12. The third-order valence-corrected chi connectivity index (χ3v) is 24.1. The van der Waals surface area contributed by atoms with Crippen LogP contribution < -0.4 is 30.3 Å². The summed E-state index contributed by atoms with van der Waals surface area (Å²) in [6.45, 7) is 18.5. The summed E-state index contributed by atoms with van der Waals surface area (Å²) < 4.78 is 72.9. The van der Waals surface area contributed by atoms with E-state index in [4.69, 9.17) is 61.7 Å². The number of aliphatic hydroxyl groups excluding tert-OH is 4. The first-order chi connectivity index (χ1) is 47.8. The molecule has 0 bridgehead atoms. The molecule has 2 amide bonds. The number of thioether (sulfide) groups is 1. The topological polar surface area (TPSA) is 366 Å². The zero-order valence-electron chi connectivity index (χ0n) is 59.6. The lowest BCUT2D eigenvalue weighted by Gasteiger charge is -2.47. The predicted molar refractivity (Wildman–Crippen MR) is 382 cm³/mol. The Kier molecular flexibility index (Phi) is 31.8. The Labute approximate surface area is 616 Å². The van der Waals surface area contributed by atoms with Crippen molar-refractivity contribution in [3.05, 3.63) is 49.8 Å². The first kappa shape index (κ1) is 83.9. The number of hydrogen-bond acceptors (Lipinski definition) is 28. The summed E-state index contributed by atoms with van der Waals surface area (Å²) in [5, 5.41) is 72.9. The van der Waals surface area contributed by atoms with Gasteiger partial charge in [-0.15, -0.1) is 5.92 Å². The number of hydroxylamine groups is 1. The van der Waals surface area contributed by atoms with Gasteiger partial charge in [-0.05, 0) is 121 Å². The van der Waals surface area contributed by atoms with Gasteiger partial charge in [0, 0.05) is 75.1 Å². The van der Waals surface area contributed by atoms with Crippen LogP contribution in [-0.2, 0) is 61.9 Å². The molecule has 0 saturated carbocycles. The van der Waals surface area contributed by atoms with Gasteiger partial charge in [0.15, 0.2) is 36.2 Å². The number of rotatable bonds is 27. The van der Waals surface area contributed by atoms with Crippen molar-refractivity contribution in [1.82, 2.24) is 21.0 Å². The number of nitrogens with zero attached hydrogens (tertiary/aromatic N) is 1. The Morgan fingerprint density at radius 1 is 0.871 bits per heavy atom. The molecule has 6 aliphatic rings. The molecule has 17 unspecified atom stereocenters. The summed E-state index contributed by atoms with van der Waals surface area (Å²) in [5.41, 5.74) is 1.37. The van der Waals surface area contributed by atoms with Crippen LogP contribution in [-0.4, -0.2) is 251 Å². The van der Waals surface area contributed by atoms with Gasteiger partial charge in [0.05, 0.1) is 102 Å². The molecule has 101 heavy (non-hydrogen) atoms. The number of aliphatic carboxylic acids is 1. The molecule has 1 aromatic carbocycles. The van der Waals surface area contributed by atoms with Crippen LogP contribution in [0, 0.1) is 40.1 Å². The number of carbonyl (C=O) groups excluding carboxylic acids is 4. The van der Waals surface area contributed by atoms with Crippen molar-refractivity contribution in [2.24, 2.45) is 5.92 Å². The number of carboxylic acids is 1. The maximum atomic E-state index is 14.6. The highest BCUT2D eigenvalue weighted by Gasteiger charge is 2.52. The number of alkyl carbamates (subject to hydrolysis) is 1. The van der Waals surface area contributed by atoms with Crippen LogP contribution in [0.4, 0.5) is 4.79 Å². The van der Waals surface area contributed by atoms with Crippen LogP contribution >= 0.6 is 55.9 Å². The summed E-state index contributed by atoms with van der Waals surface area (Å²) in [7, 11) is 9.67. The molecular formula is C69H99IN4O24S3. The second-order valence-corrected chi connectivity index (χ2v) is 31.8. The Morgan fingerprint density at radius 3 is 2.18 bits per heavy atom. The van der Waals surface area contributed by atoms with E-state index < -0.39 is 149 Å². The van der Waals surface area contributed by atoms with Gasteiger partial charge in [-0.1, -0.05) is 71.0 Å². The van der Waals surface area contributed by atoms with Crippen LogP contribution in [0.25, 0.3) is 0 Å². The summed E-state index contributed by atoms with van der Waals surface area (Å²) in [6, 6.07) is -1.32. The van der Waals surface area contributed by atoms with E-state index in [1.165, 1.54) is 62.0 Å². The van der Waals surface area contributed by atoms with E-state index in [-0.39, 0.29) is 89.3 Å². The molecule has 1 aliphatic carbocycles. The maximum absolute atomic E-state index is 14.6. The van der Waals surface area contributed by atoms with Crippen molar-refractivity contribution in [1.29, 1.82) is 0 Å². The van der Waals surface area contributed by atoms with Crippen LogP contribution in [0.3, 0.4) is 0 Å². The third kappa shape index (κ3) is 21.5. The van der Waals surface area contributed by atoms with Gasteiger partial charge >= 0.3 is 12.1 Å². The molecule has 5 fully saturated rings. The molecule has 7 rings (SSSR count). The molecular weight excluding hydrogens is 1490 g/mol. The number of aliphatic hydroxyl groups is 5. The van der Waals surface area contributed by atoms with Crippen molar-refractivity contribution < 1.29 is 116 Å². The standard InChI is InChI=1S/C69H99IN4O24S3/c1-16-17-18-19-20-21-44(50-40(69(10,85)32-43(76)53(50)72-67(84)90-15)25-29-99-101-68(8,9)26-22-46(77)74-27-23-39(24-28-74)63(81)82)95-66-60(96-47-31-45(86-11)41(33-91-47)71-34(2)3)55(79)52(36(5)93-66)73-98-48-30-42(75)62(38(7)92-48)100-64(83)49-35(4)51(70)58(61(89-14)57(49)87-12)97-65-56(80)59(88-13)54(78)37(6)94-65/h18-19,25,34,36-39,41-42,44-45,47-48,52,54-56,59-60,62,65-66,71,73,75,78-80,85H,22-24,26-33H2,1-15H3,(H,72,84)(H,81,82)/b19-18-,40-25+/t36?,37?,38?,41?,42?,44-,45?,47?,48?,52?,54?,55?,56?,59?,60?,62?,65?,66?,69-/m0/s1. The lowest BCUT2D eigenvalue weighted by molar-refractivity contribution is -0.336. The average molecular weight is 1590 g/mol. The molecule has 5 aliphatic heterocycles. The van der Waals surface area contributed by atoms with Crippen LogP contribution in [0.1, 0.15) is 123 Å². The monoisotopic (exact) mass is 1590 g/mol. The van der Waals surface area contributed by atoms with Crippen molar-refractivity contribution in [2.75, 3.05) is 61.0 Å². The average Bonchev–Trinajstić information content (AvgIpc) is 0.767. The fourth-order valence-corrected chi connectivity index (χ4v) is 16.9. The van der Waals surface area contributed by atoms with Crippen molar-refractivity contribution in [3.8, 4) is 40.9 Å². The molecule has 564 valence electrons. The molecule has 1 aromatic rings. The number of carbonyl (C=O) groups is 5. The van der Waals surface area contributed by atoms with Crippen molar-refractivity contribution >= 4 is 84.8 Å². The van der Waals surface area contributed by atoms with Gasteiger partial charge < -0.3 is 97.7 Å². The fraction of sp³-hybridized carbons (Fsp3) is 0.696. The van der Waals surface area contributed by atoms with Crippen LogP contribution in [0.15, 0.2) is 35.1 Å². The fourth-order valence-electron chi connectivity index (χ4n) is 12.7. The molecule has 0 radical (unpaired) electrons. The SMILES string of the molecule is CC#C/C=C\C#C[C@H](OC1OC(C)C(NOC2CC(O)C(SC(=O)c3c(C)c(I)c(OC4OC(C)C(O)C(OC)C4O)c(OC)c3OC)C(C)O2)C(O)C1OC1CC(OC)C(NC(C)C)CO1)C1=C(NC(=O)OC)C(=O)C[C@](C)(O)/C1=C/CSSC(C)(C)CCC(=O)N1CCC(C(=O)O)CC1. The number of amides is 2. The molecule has 0 spiro atoms. The number of benzene rings is 1. The highest BCUT2D eigenvalue weighted by atomic mass is 127. The number of likely N-dealkylation sites (tertiary alicyclic amines) is 1. The summed E-state index contributed by atoms with van der Waals surface area (Å²) in [5.74, 6) is 9.83. The van der Waals surface area contributed by atoms with E-state index in [0.717, 1.165) is 18.9 Å². The second-order valence-electron chi connectivity index (χ2n) is 26.5. The molecule has 28 nitrogen and oxygen atoms in total. The molecule has 5 saturated heterocycles. The smallest absolute Gasteiger partial charge is 0.411 e. The van der Waals surface area contributed by atoms with Gasteiger partial charge in [-0.3, -0.25) is 29.3 Å². The molecule has 0 aromatic heterocycles. The Hall–Kier alpha value is -4.35. The minimum absolute atomic E-state index is 0.0102. The summed E-state index contributed by atoms with van der Waals surface area (Å²) in [6.07, 6.45) is -13.0. The van der Waals surface area contributed by atoms with E-state index >= 15 is 0 Å². The number of piperidine rings is 1. The van der Waals surface area contributed by atoms with Crippen LogP contribution in [0.2, 0.25) is 0 Å². The molecule has 9 N–H and O–H groups in total. The summed E-state index contributed by atoms with van der Waals surface area (Å²) >= 11 is 2.81. The number of carboxylic acid groups (broad SMARTS) is 1. The number of ketones is 1. The molecule has 5 heterocycles. The molecule has 19 atom stereocenters. The number of halogens is 1. The Balaban J connectivity index is 1.14. The normalized spacial score (nSPS) is 32.0. The zero-order chi connectivity index (χ0) is 74.4.